The summed E-state index contributed by atoms with van der Waals surface area (Å²) in [4.78, 5) is 0. The molecular weight excluding hydrogens is 216 g/mol. The van der Waals surface area contributed by atoms with Crippen LogP contribution < -0.4 is 0 Å². The lowest BCUT2D eigenvalue weighted by molar-refractivity contribution is -0.163. The highest BCUT2D eigenvalue weighted by Crippen LogP contribution is 2.13. The third-order valence-corrected chi connectivity index (χ3v) is 2.56. The molecule has 1 aliphatic heterocycles. The predicted octanol–water partition coefficient (Wildman–Crippen LogP) is 2.08. The first-order chi connectivity index (χ1) is 7.34. The monoisotopic (exact) mass is 230 g/mol. The first kappa shape index (κ1) is 10.9. The molecule has 0 radical (unpaired) electrons. The second-order valence-electron chi connectivity index (χ2n) is 3.59. The zero-order valence-corrected chi connectivity index (χ0v) is 9.32. The molecule has 4 nitrogen and oxygen atoms in total. The van der Waals surface area contributed by atoms with Crippen molar-refractivity contribution in [2.45, 2.75) is 32.1 Å². The number of aromatic nitrogens is 2. The summed E-state index contributed by atoms with van der Waals surface area (Å²) in [6.07, 6.45) is 6.72. The molecule has 1 aliphatic rings. The van der Waals surface area contributed by atoms with E-state index in [4.69, 9.17) is 21.1 Å². The lowest BCUT2D eigenvalue weighted by Gasteiger charge is -2.22. The Hall–Kier alpha value is -0.580. The molecular formula is C10H15ClN2O2. The van der Waals surface area contributed by atoms with Crippen molar-refractivity contribution >= 4 is 11.6 Å². The van der Waals surface area contributed by atoms with Gasteiger partial charge in [0.05, 0.1) is 24.4 Å². The van der Waals surface area contributed by atoms with Crippen LogP contribution in [0, 0.1) is 0 Å². The van der Waals surface area contributed by atoms with Gasteiger partial charge in [-0.25, -0.2) is 0 Å². The summed E-state index contributed by atoms with van der Waals surface area (Å²) in [5.74, 6) is 0. The van der Waals surface area contributed by atoms with Gasteiger partial charge in [0.25, 0.3) is 0 Å². The van der Waals surface area contributed by atoms with E-state index in [9.17, 15) is 0 Å². The molecule has 0 amide bonds. The van der Waals surface area contributed by atoms with Crippen LogP contribution >= 0.6 is 11.6 Å². The van der Waals surface area contributed by atoms with Crippen LogP contribution in [0.4, 0.5) is 0 Å². The van der Waals surface area contributed by atoms with Crippen molar-refractivity contribution in [3.8, 4) is 0 Å². The van der Waals surface area contributed by atoms with Crippen LogP contribution in [-0.2, 0) is 16.0 Å². The van der Waals surface area contributed by atoms with Gasteiger partial charge >= 0.3 is 0 Å². The molecule has 1 aromatic rings. The van der Waals surface area contributed by atoms with Gasteiger partial charge in [0.2, 0.25) is 0 Å². The van der Waals surface area contributed by atoms with Crippen LogP contribution in [-0.4, -0.2) is 29.3 Å². The van der Waals surface area contributed by atoms with Crippen LogP contribution in [0.25, 0.3) is 0 Å². The lowest BCUT2D eigenvalue weighted by atomic mass is 10.2. The second-order valence-corrected chi connectivity index (χ2v) is 4.02. The average Bonchev–Trinajstić information content (AvgIpc) is 2.66. The Labute approximate surface area is 94.1 Å². The topological polar surface area (TPSA) is 36.3 Å². The van der Waals surface area contributed by atoms with E-state index in [1.807, 2.05) is 0 Å². The molecule has 2 rings (SSSR count). The summed E-state index contributed by atoms with van der Waals surface area (Å²) in [7, 11) is 0. The fourth-order valence-electron chi connectivity index (χ4n) is 1.58. The Morgan fingerprint density at radius 3 is 3.20 bits per heavy atom. The number of rotatable bonds is 4. The van der Waals surface area contributed by atoms with E-state index in [1.165, 1.54) is 6.42 Å². The van der Waals surface area contributed by atoms with Gasteiger partial charge in [-0.1, -0.05) is 11.6 Å². The predicted molar refractivity (Wildman–Crippen MR) is 56.8 cm³/mol. The Morgan fingerprint density at radius 1 is 1.60 bits per heavy atom. The van der Waals surface area contributed by atoms with Gasteiger partial charge in [0.1, 0.15) is 0 Å². The lowest BCUT2D eigenvalue weighted by Crippen LogP contribution is -2.24. The maximum atomic E-state index is 5.74. The quantitative estimate of drug-likeness (QED) is 0.795. The highest BCUT2D eigenvalue weighted by molar-refractivity contribution is 6.30. The fourth-order valence-corrected chi connectivity index (χ4v) is 1.74. The molecule has 2 heterocycles. The van der Waals surface area contributed by atoms with Crippen molar-refractivity contribution in [1.82, 2.24) is 9.78 Å². The van der Waals surface area contributed by atoms with Gasteiger partial charge in [-0.3, -0.25) is 4.68 Å². The van der Waals surface area contributed by atoms with E-state index >= 15 is 0 Å². The molecule has 84 valence electrons. The Balaban J connectivity index is 1.65. The van der Waals surface area contributed by atoms with E-state index in [-0.39, 0.29) is 6.29 Å². The second kappa shape index (κ2) is 5.49. The minimum absolute atomic E-state index is 0.0233. The van der Waals surface area contributed by atoms with E-state index < -0.39 is 0 Å². The minimum Gasteiger partial charge on any atom is -0.353 e. The summed E-state index contributed by atoms with van der Waals surface area (Å²) in [5, 5.41) is 4.72. The largest absolute Gasteiger partial charge is 0.353 e. The van der Waals surface area contributed by atoms with Crippen LogP contribution in [0.5, 0.6) is 0 Å². The Kier molecular flexibility index (Phi) is 4.00. The molecule has 1 atom stereocenters. The van der Waals surface area contributed by atoms with E-state index in [0.717, 1.165) is 19.4 Å². The van der Waals surface area contributed by atoms with Gasteiger partial charge < -0.3 is 9.47 Å². The maximum absolute atomic E-state index is 5.74. The molecule has 1 aromatic heterocycles. The van der Waals surface area contributed by atoms with Gasteiger partial charge in [0, 0.05) is 12.8 Å². The third kappa shape index (κ3) is 3.48. The first-order valence-electron chi connectivity index (χ1n) is 5.26. The highest BCUT2D eigenvalue weighted by Gasteiger charge is 2.13. The zero-order chi connectivity index (χ0) is 10.5. The number of nitrogens with zero attached hydrogens (tertiary/aromatic N) is 2. The number of hydrogen-bond acceptors (Lipinski definition) is 3. The molecule has 1 saturated heterocycles. The molecule has 0 spiro atoms. The number of hydrogen-bond donors (Lipinski definition) is 0. The van der Waals surface area contributed by atoms with Crippen LogP contribution in [0.2, 0.25) is 5.02 Å². The fraction of sp³-hybridized carbons (Fsp3) is 0.700. The van der Waals surface area contributed by atoms with Crippen LogP contribution in [0.3, 0.4) is 0 Å². The highest BCUT2D eigenvalue weighted by atomic mass is 35.5. The van der Waals surface area contributed by atoms with Crippen molar-refractivity contribution < 1.29 is 9.47 Å². The molecule has 1 unspecified atom stereocenters. The maximum Gasteiger partial charge on any atom is 0.157 e. The zero-order valence-electron chi connectivity index (χ0n) is 8.56. The van der Waals surface area contributed by atoms with Gasteiger partial charge in [-0.15, -0.1) is 0 Å². The van der Waals surface area contributed by atoms with Crippen LogP contribution in [0.1, 0.15) is 19.3 Å². The smallest absolute Gasteiger partial charge is 0.157 e. The standard InChI is InChI=1S/C10H15ClN2O2/c11-9-7-12-13(8-9)4-6-15-10-3-1-2-5-14-10/h7-8,10H,1-6H2. The first-order valence-corrected chi connectivity index (χ1v) is 5.63. The Bertz CT molecular complexity index is 297. The van der Waals surface area contributed by atoms with Gasteiger partial charge in [0.15, 0.2) is 6.29 Å². The van der Waals surface area contributed by atoms with Crippen molar-refractivity contribution in [2.24, 2.45) is 0 Å². The molecule has 0 bridgehead atoms. The molecule has 0 aromatic carbocycles. The molecule has 0 saturated carbocycles. The third-order valence-electron chi connectivity index (χ3n) is 2.36. The summed E-state index contributed by atoms with van der Waals surface area (Å²) in [6, 6.07) is 0. The van der Waals surface area contributed by atoms with Crippen molar-refractivity contribution in [1.29, 1.82) is 0 Å². The minimum atomic E-state index is -0.0233. The molecule has 15 heavy (non-hydrogen) atoms. The van der Waals surface area contributed by atoms with Crippen molar-refractivity contribution in [2.75, 3.05) is 13.2 Å². The van der Waals surface area contributed by atoms with Gasteiger partial charge in [-0.2, -0.15) is 5.10 Å². The van der Waals surface area contributed by atoms with E-state index in [2.05, 4.69) is 5.10 Å². The van der Waals surface area contributed by atoms with Gasteiger partial charge in [-0.05, 0) is 19.3 Å². The van der Waals surface area contributed by atoms with E-state index in [1.54, 1.807) is 17.1 Å². The van der Waals surface area contributed by atoms with E-state index in [0.29, 0.717) is 18.2 Å². The molecule has 0 N–H and O–H groups in total. The molecule has 1 fully saturated rings. The summed E-state index contributed by atoms with van der Waals surface area (Å²) in [6.45, 7) is 2.15. The molecule has 0 aliphatic carbocycles. The molecule has 5 heteroatoms. The number of halogens is 1. The summed E-state index contributed by atoms with van der Waals surface area (Å²) in [5.41, 5.74) is 0. The van der Waals surface area contributed by atoms with Crippen molar-refractivity contribution in [3.05, 3.63) is 17.4 Å². The Morgan fingerprint density at radius 2 is 2.53 bits per heavy atom. The van der Waals surface area contributed by atoms with Crippen LogP contribution in [0.15, 0.2) is 12.4 Å². The average molecular weight is 231 g/mol. The summed E-state index contributed by atoms with van der Waals surface area (Å²) < 4.78 is 12.8. The normalized spacial score (nSPS) is 21.8. The summed E-state index contributed by atoms with van der Waals surface area (Å²) >= 11 is 5.74. The number of ether oxygens (including phenoxy) is 2. The van der Waals surface area contributed by atoms with Crippen molar-refractivity contribution in [3.63, 3.8) is 0 Å². The SMILES string of the molecule is Clc1cnn(CCOC2CCCCO2)c1.